The van der Waals surface area contributed by atoms with Gasteiger partial charge in [0.05, 0.1) is 25.1 Å². The molecule has 0 unspecified atom stereocenters. The Kier molecular flexibility index (Phi) is 8.78. The van der Waals surface area contributed by atoms with E-state index in [0.29, 0.717) is 47.1 Å². The van der Waals surface area contributed by atoms with Crippen molar-refractivity contribution in [2.75, 3.05) is 20.3 Å². The van der Waals surface area contributed by atoms with Gasteiger partial charge in [-0.15, -0.1) is 11.3 Å². The summed E-state index contributed by atoms with van der Waals surface area (Å²) >= 11 is 1.08. The van der Waals surface area contributed by atoms with Gasteiger partial charge in [-0.1, -0.05) is 18.2 Å². The number of aromatic nitrogens is 2. The molecule has 41 heavy (non-hydrogen) atoms. The van der Waals surface area contributed by atoms with Crippen molar-refractivity contribution in [1.29, 1.82) is 5.26 Å². The summed E-state index contributed by atoms with van der Waals surface area (Å²) in [6.45, 7) is 11.0. The maximum Gasteiger partial charge on any atom is 0.333 e. The zero-order chi connectivity index (χ0) is 30.1. The SMILES string of the molecule is COc1ccccc1[C@@H](Cn1c(=O)n(C(C)(C)C(=O)OC(C)(C)C)c(=O)c2c(C)c(C#N)sc21)OC1CCOCC1. The van der Waals surface area contributed by atoms with Crippen LogP contribution in [0.15, 0.2) is 33.9 Å². The largest absolute Gasteiger partial charge is 0.496 e. The molecule has 11 heteroatoms. The van der Waals surface area contributed by atoms with E-state index in [1.54, 1.807) is 34.8 Å². The lowest BCUT2D eigenvalue weighted by atomic mass is 10.0. The topological polar surface area (TPSA) is 122 Å². The van der Waals surface area contributed by atoms with Crippen LogP contribution < -0.4 is 16.0 Å². The normalized spacial score (nSPS) is 15.5. The van der Waals surface area contributed by atoms with Crippen LogP contribution in [0.5, 0.6) is 5.75 Å². The van der Waals surface area contributed by atoms with Gasteiger partial charge in [-0.2, -0.15) is 5.26 Å². The number of fused-ring (bicyclic) bond motifs is 1. The van der Waals surface area contributed by atoms with Gasteiger partial charge in [-0.05, 0) is 66.0 Å². The number of para-hydroxylation sites is 1. The third-order valence-corrected chi connectivity index (χ3v) is 8.35. The van der Waals surface area contributed by atoms with E-state index in [9.17, 15) is 19.6 Å². The zero-order valence-electron chi connectivity index (χ0n) is 24.6. The maximum absolute atomic E-state index is 14.3. The molecule has 1 atom stereocenters. The molecule has 0 bridgehead atoms. The monoisotopic (exact) mass is 583 g/mol. The van der Waals surface area contributed by atoms with E-state index < -0.39 is 34.5 Å². The van der Waals surface area contributed by atoms with Crippen LogP contribution in [0.2, 0.25) is 0 Å². The second-order valence-electron chi connectivity index (χ2n) is 11.6. The van der Waals surface area contributed by atoms with Crippen molar-refractivity contribution in [3.05, 3.63) is 61.1 Å². The first kappa shape index (κ1) is 30.5. The fourth-order valence-electron chi connectivity index (χ4n) is 4.96. The third kappa shape index (κ3) is 6.10. The summed E-state index contributed by atoms with van der Waals surface area (Å²) < 4.78 is 25.7. The minimum Gasteiger partial charge on any atom is -0.496 e. The Morgan fingerprint density at radius 3 is 2.44 bits per heavy atom. The van der Waals surface area contributed by atoms with Gasteiger partial charge in [-0.25, -0.2) is 14.2 Å². The first-order valence-corrected chi connectivity index (χ1v) is 14.4. The molecule has 4 rings (SSSR count). The number of esters is 1. The predicted molar refractivity (Wildman–Crippen MR) is 156 cm³/mol. The number of nitriles is 1. The van der Waals surface area contributed by atoms with Crippen LogP contribution in [0.25, 0.3) is 10.2 Å². The van der Waals surface area contributed by atoms with Gasteiger partial charge in [0.1, 0.15) is 38.8 Å². The lowest BCUT2D eigenvalue weighted by Gasteiger charge is -2.31. The average Bonchev–Trinajstić information content (AvgIpc) is 3.26. The van der Waals surface area contributed by atoms with E-state index >= 15 is 0 Å². The third-order valence-electron chi connectivity index (χ3n) is 7.13. The van der Waals surface area contributed by atoms with Crippen LogP contribution in [-0.4, -0.2) is 47.1 Å². The molecule has 1 aromatic carbocycles. The summed E-state index contributed by atoms with van der Waals surface area (Å²) in [7, 11) is 1.57. The van der Waals surface area contributed by atoms with Crippen LogP contribution >= 0.6 is 11.3 Å². The number of ether oxygens (including phenoxy) is 4. The molecular formula is C30H37N3O7S. The first-order chi connectivity index (χ1) is 19.3. The molecule has 2 aromatic heterocycles. The van der Waals surface area contributed by atoms with Gasteiger partial charge in [0.2, 0.25) is 0 Å². The summed E-state index contributed by atoms with van der Waals surface area (Å²) in [6.07, 6.45) is 0.628. The summed E-state index contributed by atoms with van der Waals surface area (Å²) in [4.78, 5) is 42.2. The van der Waals surface area contributed by atoms with Gasteiger partial charge >= 0.3 is 11.7 Å². The van der Waals surface area contributed by atoms with Gasteiger partial charge in [0.15, 0.2) is 0 Å². The predicted octanol–water partition coefficient (Wildman–Crippen LogP) is 4.43. The number of carbonyl (C=O) groups excluding carboxylic acids is 1. The van der Waals surface area contributed by atoms with Crippen LogP contribution in [-0.2, 0) is 31.1 Å². The molecular weight excluding hydrogens is 546 g/mol. The van der Waals surface area contributed by atoms with E-state index in [4.69, 9.17) is 18.9 Å². The molecule has 3 aromatic rings. The average molecular weight is 584 g/mol. The molecule has 0 spiro atoms. The Morgan fingerprint density at radius 1 is 1.17 bits per heavy atom. The summed E-state index contributed by atoms with van der Waals surface area (Å²) in [6, 6.07) is 9.56. The molecule has 1 aliphatic heterocycles. The fraction of sp³-hybridized carbons (Fsp3) is 0.533. The number of aryl methyl sites for hydroxylation is 1. The Morgan fingerprint density at radius 2 is 1.83 bits per heavy atom. The smallest absolute Gasteiger partial charge is 0.333 e. The number of rotatable bonds is 8. The van der Waals surface area contributed by atoms with Crippen molar-refractivity contribution in [1.82, 2.24) is 9.13 Å². The highest BCUT2D eigenvalue weighted by Gasteiger charge is 2.39. The molecule has 10 nitrogen and oxygen atoms in total. The van der Waals surface area contributed by atoms with E-state index in [1.165, 1.54) is 18.4 Å². The molecule has 0 N–H and O–H groups in total. The minimum atomic E-state index is -1.64. The standard InChI is InChI=1S/C30H37N3O7S/c1-18-23(16-31)41-26-24(18)25(34)33(30(5,6)27(35)40-29(2,3)4)28(36)32(26)17-22(39-19-12-14-38-15-13-19)20-10-8-9-11-21(20)37-7/h8-11,19,22H,12-15,17H2,1-7H3/t22-/m1/s1. The summed E-state index contributed by atoms with van der Waals surface area (Å²) in [5, 5.41) is 10.0. The number of hydrogen-bond donors (Lipinski definition) is 0. The van der Waals surface area contributed by atoms with Crippen molar-refractivity contribution in [2.24, 2.45) is 0 Å². The highest BCUT2D eigenvalue weighted by Crippen LogP contribution is 2.34. The van der Waals surface area contributed by atoms with Crippen LogP contribution in [0.3, 0.4) is 0 Å². The van der Waals surface area contributed by atoms with E-state index in [1.807, 2.05) is 24.3 Å². The van der Waals surface area contributed by atoms with Gasteiger partial charge in [-0.3, -0.25) is 9.36 Å². The molecule has 0 amide bonds. The number of benzene rings is 1. The highest BCUT2D eigenvalue weighted by molar-refractivity contribution is 7.19. The van der Waals surface area contributed by atoms with E-state index in [2.05, 4.69) is 6.07 Å². The quantitative estimate of drug-likeness (QED) is 0.357. The Bertz CT molecular complexity index is 1600. The molecule has 3 heterocycles. The van der Waals surface area contributed by atoms with Gasteiger partial charge in [0, 0.05) is 18.8 Å². The molecule has 0 radical (unpaired) electrons. The fourth-order valence-corrected chi connectivity index (χ4v) is 6.06. The number of nitrogens with zero attached hydrogens (tertiary/aromatic N) is 3. The Hall–Kier alpha value is -3.46. The molecule has 220 valence electrons. The van der Waals surface area contributed by atoms with Crippen LogP contribution in [0, 0.1) is 18.3 Å². The summed E-state index contributed by atoms with van der Waals surface area (Å²) in [5.74, 6) is -0.125. The lowest BCUT2D eigenvalue weighted by Crippen LogP contribution is -2.54. The van der Waals surface area contributed by atoms with E-state index in [-0.39, 0.29) is 18.0 Å². The maximum atomic E-state index is 14.3. The summed E-state index contributed by atoms with van der Waals surface area (Å²) in [5.41, 5.74) is -2.62. The number of hydrogen-bond acceptors (Lipinski definition) is 9. The van der Waals surface area contributed by atoms with Crippen LogP contribution in [0.1, 0.15) is 69.6 Å². The highest BCUT2D eigenvalue weighted by atomic mass is 32.1. The van der Waals surface area contributed by atoms with Crippen molar-refractivity contribution >= 4 is 27.5 Å². The minimum absolute atomic E-state index is 0.0164. The second kappa shape index (κ2) is 11.8. The van der Waals surface area contributed by atoms with Crippen molar-refractivity contribution in [3.8, 4) is 11.8 Å². The Labute approximate surface area is 243 Å². The molecule has 1 aliphatic rings. The van der Waals surface area contributed by atoms with Gasteiger partial charge in [0.25, 0.3) is 5.56 Å². The van der Waals surface area contributed by atoms with E-state index in [0.717, 1.165) is 21.5 Å². The van der Waals surface area contributed by atoms with Gasteiger partial charge < -0.3 is 18.9 Å². The Balaban J connectivity index is 1.96. The van der Waals surface area contributed by atoms with Crippen molar-refractivity contribution in [2.45, 2.75) is 84.3 Å². The first-order valence-electron chi connectivity index (χ1n) is 13.6. The number of carbonyl (C=O) groups is 1. The number of methoxy groups -OCH3 is 1. The molecule has 0 saturated carbocycles. The van der Waals surface area contributed by atoms with Crippen molar-refractivity contribution < 1.29 is 23.7 Å². The lowest BCUT2D eigenvalue weighted by molar-refractivity contribution is -0.164. The molecule has 0 aliphatic carbocycles. The van der Waals surface area contributed by atoms with Crippen LogP contribution in [0.4, 0.5) is 0 Å². The second-order valence-corrected chi connectivity index (χ2v) is 12.6. The number of thiophene rings is 1. The zero-order valence-corrected chi connectivity index (χ0v) is 25.4. The molecule has 1 saturated heterocycles. The molecule has 1 fully saturated rings. The van der Waals surface area contributed by atoms with Crippen molar-refractivity contribution in [3.63, 3.8) is 0 Å².